The average Bonchev–Trinajstić information content (AvgIpc) is 3.51. The number of ketones is 1. The van der Waals surface area contributed by atoms with Crippen LogP contribution in [-0.4, -0.2) is 34.7 Å². The van der Waals surface area contributed by atoms with Crippen LogP contribution in [0.1, 0.15) is 38.8 Å². The van der Waals surface area contributed by atoms with Gasteiger partial charge in [-0.1, -0.05) is 48.0 Å². The number of carbonyl (C=O) groups is 2. The minimum absolute atomic E-state index is 0.00614. The summed E-state index contributed by atoms with van der Waals surface area (Å²) >= 11 is 5.97. The molecule has 2 atom stereocenters. The molecule has 0 saturated heterocycles. The first-order valence-electron chi connectivity index (χ1n) is 11.5. The molecule has 8 heteroatoms. The zero-order valence-corrected chi connectivity index (χ0v) is 19.7. The first-order valence-corrected chi connectivity index (χ1v) is 11.9. The van der Waals surface area contributed by atoms with Crippen LogP contribution in [0.4, 0.5) is 0 Å². The number of nitrogens with one attached hydrogen (secondary N) is 2. The maximum absolute atomic E-state index is 13.3. The highest BCUT2D eigenvalue weighted by Crippen LogP contribution is 2.39. The summed E-state index contributed by atoms with van der Waals surface area (Å²) in [5, 5.41) is 14.1. The summed E-state index contributed by atoms with van der Waals surface area (Å²) in [6.07, 6.45) is 3.63. The molecule has 0 amide bonds. The van der Waals surface area contributed by atoms with Crippen molar-refractivity contribution in [2.75, 3.05) is 6.79 Å². The summed E-state index contributed by atoms with van der Waals surface area (Å²) in [4.78, 5) is 28.3. The van der Waals surface area contributed by atoms with Gasteiger partial charge in [0.25, 0.3) is 0 Å². The highest BCUT2D eigenvalue weighted by atomic mass is 35.5. The van der Waals surface area contributed by atoms with E-state index in [1.807, 2.05) is 36.4 Å². The lowest BCUT2D eigenvalue weighted by molar-refractivity contribution is -0.116. The van der Waals surface area contributed by atoms with E-state index in [9.17, 15) is 14.7 Å². The van der Waals surface area contributed by atoms with Gasteiger partial charge in [-0.05, 0) is 59.5 Å². The van der Waals surface area contributed by atoms with Crippen LogP contribution in [0.3, 0.4) is 0 Å². The number of carbonyl (C=O) groups excluding carboxylic acids is 1. The van der Waals surface area contributed by atoms with Gasteiger partial charge in [0.05, 0.1) is 22.7 Å². The largest absolute Gasteiger partial charge is 0.478 e. The number of carboxylic acid groups (broad SMARTS) is 1. The van der Waals surface area contributed by atoms with Crippen LogP contribution < -0.4 is 14.8 Å². The molecular weight excluding hydrogens is 480 g/mol. The summed E-state index contributed by atoms with van der Waals surface area (Å²) in [7, 11) is 0. The minimum Gasteiger partial charge on any atom is -0.478 e. The number of H-pyrrole nitrogens is 1. The van der Waals surface area contributed by atoms with Crippen LogP contribution in [-0.2, 0) is 11.2 Å². The summed E-state index contributed by atoms with van der Waals surface area (Å²) < 4.78 is 11.0. The van der Waals surface area contributed by atoms with Gasteiger partial charge in [0.15, 0.2) is 17.3 Å². The van der Waals surface area contributed by atoms with Crippen molar-refractivity contribution in [1.82, 2.24) is 10.3 Å². The molecule has 6 rings (SSSR count). The smallest absolute Gasteiger partial charge is 0.337 e. The molecule has 0 fully saturated rings. The number of aromatic amines is 1. The van der Waals surface area contributed by atoms with E-state index in [1.54, 1.807) is 12.1 Å². The molecule has 0 spiro atoms. The number of aromatic carboxylic acids is 1. The molecule has 0 aliphatic carbocycles. The summed E-state index contributed by atoms with van der Waals surface area (Å²) in [5.41, 5.74) is 4.66. The first-order chi connectivity index (χ1) is 17.5. The number of para-hydroxylation sites is 1. The van der Waals surface area contributed by atoms with Crippen LogP contribution >= 0.6 is 11.6 Å². The van der Waals surface area contributed by atoms with Gasteiger partial charge in [-0.15, -0.1) is 0 Å². The van der Waals surface area contributed by atoms with E-state index in [0.717, 1.165) is 27.7 Å². The number of fused-ring (bicyclic) bond motifs is 4. The lowest BCUT2D eigenvalue weighted by atomic mass is 9.88. The van der Waals surface area contributed by atoms with Crippen molar-refractivity contribution in [3.05, 3.63) is 99.7 Å². The molecule has 0 radical (unpaired) electrons. The van der Waals surface area contributed by atoms with Gasteiger partial charge in [0, 0.05) is 16.6 Å². The molecule has 2 aliphatic heterocycles. The zero-order chi connectivity index (χ0) is 24.8. The van der Waals surface area contributed by atoms with Crippen molar-refractivity contribution < 1.29 is 24.2 Å². The lowest BCUT2D eigenvalue weighted by Gasteiger charge is -2.30. The molecule has 2 aliphatic rings. The van der Waals surface area contributed by atoms with Crippen LogP contribution in [0.5, 0.6) is 11.5 Å². The summed E-state index contributed by atoms with van der Waals surface area (Å²) in [6.45, 7) is 0.189. The highest BCUT2D eigenvalue weighted by molar-refractivity contribution is 6.33. The Kier molecular flexibility index (Phi) is 5.51. The van der Waals surface area contributed by atoms with Crippen molar-refractivity contribution in [3.8, 4) is 11.5 Å². The second kappa shape index (κ2) is 8.86. The van der Waals surface area contributed by atoms with E-state index in [-0.39, 0.29) is 29.2 Å². The molecule has 3 aromatic carbocycles. The number of benzene rings is 3. The molecule has 2 unspecified atom stereocenters. The van der Waals surface area contributed by atoms with Crippen molar-refractivity contribution >= 4 is 40.3 Å². The molecule has 3 N–H and O–H groups in total. The van der Waals surface area contributed by atoms with E-state index in [2.05, 4.69) is 16.4 Å². The predicted molar refractivity (Wildman–Crippen MR) is 136 cm³/mol. The average molecular weight is 501 g/mol. The van der Waals surface area contributed by atoms with Crippen LogP contribution in [0.25, 0.3) is 17.0 Å². The molecule has 0 saturated carbocycles. The Morgan fingerprint density at radius 1 is 1.03 bits per heavy atom. The Balaban J connectivity index is 1.35. The van der Waals surface area contributed by atoms with E-state index in [0.29, 0.717) is 23.5 Å². The predicted octanol–water partition coefficient (Wildman–Crippen LogP) is 5.13. The van der Waals surface area contributed by atoms with Gasteiger partial charge < -0.3 is 19.6 Å². The second-order valence-corrected chi connectivity index (χ2v) is 9.22. The second-order valence-electron chi connectivity index (χ2n) is 8.81. The van der Waals surface area contributed by atoms with Gasteiger partial charge in [0.2, 0.25) is 6.79 Å². The van der Waals surface area contributed by atoms with Crippen molar-refractivity contribution in [2.45, 2.75) is 18.5 Å². The SMILES string of the molecule is O=C(O)c1cc(C=CC(=O)C2Cc3c([nH]c4ccccc34)C(c3ccc4c(c3)OCO4)N2)ccc1Cl. The van der Waals surface area contributed by atoms with Gasteiger partial charge in [-0.3, -0.25) is 10.1 Å². The third kappa shape index (κ3) is 3.92. The Bertz CT molecular complexity index is 1560. The Morgan fingerprint density at radius 3 is 2.72 bits per heavy atom. The number of aromatic nitrogens is 1. The monoisotopic (exact) mass is 500 g/mol. The molecule has 0 bridgehead atoms. The molecule has 36 heavy (non-hydrogen) atoms. The minimum atomic E-state index is -1.12. The zero-order valence-electron chi connectivity index (χ0n) is 19.0. The maximum Gasteiger partial charge on any atom is 0.337 e. The summed E-state index contributed by atoms with van der Waals surface area (Å²) in [6, 6.07) is 17.8. The molecule has 3 heterocycles. The lowest BCUT2D eigenvalue weighted by Crippen LogP contribution is -2.44. The highest BCUT2D eigenvalue weighted by Gasteiger charge is 2.33. The third-order valence-corrected chi connectivity index (χ3v) is 6.98. The molecule has 7 nitrogen and oxygen atoms in total. The quantitative estimate of drug-likeness (QED) is 0.328. The van der Waals surface area contributed by atoms with Crippen molar-refractivity contribution in [1.29, 1.82) is 0 Å². The fourth-order valence-corrected chi connectivity index (χ4v) is 5.08. The molecule has 1 aromatic heterocycles. The van der Waals surface area contributed by atoms with Gasteiger partial charge in [-0.2, -0.15) is 0 Å². The summed E-state index contributed by atoms with van der Waals surface area (Å²) in [5.74, 6) is 0.153. The molecule has 4 aromatic rings. The Hall–Kier alpha value is -4.07. The van der Waals surface area contributed by atoms with E-state index < -0.39 is 12.0 Å². The normalized spacial score (nSPS) is 18.5. The number of halogens is 1. The third-order valence-electron chi connectivity index (χ3n) is 6.65. The Morgan fingerprint density at radius 2 is 1.86 bits per heavy atom. The fourth-order valence-electron chi connectivity index (χ4n) is 4.88. The maximum atomic E-state index is 13.3. The number of hydrogen-bond acceptors (Lipinski definition) is 5. The first kappa shape index (κ1) is 22.4. The molecular formula is C28H21ClN2O5. The van der Waals surface area contributed by atoms with Crippen LogP contribution in [0, 0.1) is 0 Å². The van der Waals surface area contributed by atoms with E-state index in [1.165, 1.54) is 18.2 Å². The topological polar surface area (TPSA) is 101 Å². The van der Waals surface area contributed by atoms with E-state index in [4.69, 9.17) is 21.1 Å². The van der Waals surface area contributed by atoms with Gasteiger partial charge in [0.1, 0.15) is 0 Å². The number of ether oxygens (including phenoxy) is 2. The van der Waals surface area contributed by atoms with Gasteiger partial charge in [-0.25, -0.2) is 4.79 Å². The van der Waals surface area contributed by atoms with Crippen LogP contribution in [0.2, 0.25) is 5.02 Å². The van der Waals surface area contributed by atoms with Crippen molar-refractivity contribution in [2.24, 2.45) is 0 Å². The number of hydrogen-bond donors (Lipinski definition) is 3. The Labute approximate surface area is 211 Å². The number of rotatable bonds is 5. The molecule has 180 valence electrons. The van der Waals surface area contributed by atoms with Crippen LogP contribution in [0.15, 0.2) is 66.7 Å². The standard InChI is InChI=1S/C28H21ClN2O5/c29-20-8-5-15(11-19(20)28(33)34)6-9-23(32)22-13-18-17-3-1-2-4-21(17)30-27(18)26(31-22)16-7-10-24-25(12-16)36-14-35-24/h1-12,22,26,30-31H,13-14H2,(H,33,34). The number of carboxylic acids is 1. The fraction of sp³-hybridized carbons (Fsp3) is 0.143. The van der Waals surface area contributed by atoms with Gasteiger partial charge >= 0.3 is 5.97 Å². The van der Waals surface area contributed by atoms with Crippen molar-refractivity contribution in [3.63, 3.8) is 0 Å². The van der Waals surface area contributed by atoms with E-state index >= 15 is 0 Å².